The number of methoxy groups -OCH3 is 1. The van der Waals surface area contributed by atoms with Gasteiger partial charge in [0.05, 0.1) is 19.3 Å². The van der Waals surface area contributed by atoms with Crippen LogP contribution in [0.2, 0.25) is 0 Å². The molecular weight excluding hydrogens is 214 g/mol. The van der Waals surface area contributed by atoms with Gasteiger partial charge in [0.25, 0.3) is 5.56 Å². The van der Waals surface area contributed by atoms with E-state index in [1.54, 1.807) is 0 Å². The lowest BCUT2D eigenvalue weighted by Crippen LogP contribution is -2.24. The van der Waals surface area contributed by atoms with Gasteiger partial charge in [0, 0.05) is 12.4 Å². The second-order valence-corrected chi connectivity index (χ2v) is 3.05. The van der Waals surface area contributed by atoms with Gasteiger partial charge in [-0.25, -0.2) is 9.78 Å². The first-order chi connectivity index (χ1) is 7.69. The summed E-state index contributed by atoms with van der Waals surface area (Å²) < 4.78 is 5.71. The Kier molecular flexibility index (Phi) is 2.45. The van der Waals surface area contributed by atoms with Crippen LogP contribution in [0.5, 0.6) is 0 Å². The van der Waals surface area contributed by atoms with Crippen LogP contribution >= 0.6 is 0 Å². The molecule has 0 saturated carbocycles. The van der Waals surface area contributed by atoms with Crippen molar-refractivity contribution in [1.29, 1.82) is 0 Å². The zero-order valence-corrected chi connectivity index (χ0v) is 8.43. The van der Waals surface area contributed by atoms with Crippen LogP contribution in [-0.2, 0) is 11.3 Å². The number of aliphatic hydroxyl groups is 1. The van der Waals surface area contributed by atoms with Gasteiger partial charge in [0.2, 0.25) is 5.78 Å². The van der Waals surface area contributed by atoms with Crippen LogP contribution in [0.25, 0.3) is 5.78 Å². The standard InChI is InChI=1S/C9H9N3O4/c1-16-8(15)6-5(4-13)7(14)12-3-2-10-9(12)11-6/h2-3,13H,4H2,1H3,(H,10,11). The van der Waals surface area contributed by atoms with Crippen molar-refractivity contribution in [3.63, 3.8) is 0 Å². The molecule has 0 radical (unpaired) electrons. The minimum absolute atomic E-state index is 0.0441. The van der Waals surface area contributed by atoms with E-state index in [0.717, 1.165) is 0 Å². The fraction of sp³-hybridized carbons (Fsp3) is 0.222. The number of imidazole rings is 1. The Labute approximate surface area is 89.3 Å². The molecule has 0 unspecified atom stereocenters. The second kappa shape index (κ2) is 3.78. The van der Waals surface area contributed by atoms with Crippen molar-refractivity contribution >= 4 is 11.7 Å². The van der Waals surface area contributed by atoms with Gasteiger partial charge < -0.3 is 14.8 Å². The molecule has 16 heavy (non-hydrogen) atoms. The molecule has 0 aliphatic rings. The number of nitrogens with zero attached hydrogens (tertiary/aromatic N) is 2. The van der Waals surface area contributed by atoms with Gasteiger partial charge >= 0.3 is 5.97 Å². The predicted molar refractivity (Wildman–Crippen MR) is 53.1 cm³/mol. The summed E-state index contributed by atoms with van der Waals surface area (Å²) in [5.41, 5.74) is -0.611. The molecule has 0 bridgehead atoms. The third kappa shape index (κ3) is 1.38. The summed E-state index contributed by atoms with van der Waals surface area (Å²) in [6.45, 7) is -0.548. The smallest absolute Gasteiger partial charge is 0.355 e. The number of fused-ring (bicyclic) bond motifs is 1. The fourth-order valence-electron chi connectivity index (χ4n) is 1.42. The van der Waals surface area contributed by atoms with E-state index >= 15 is 0 Å². The number of carbonyl (C=O) groups excluding carboxylic acids is 1. The van der Waals surface area contributed by atoms with Crippen LogP contribution in [0.1, 0.15) is 16.1 Å². The van der Waals surface area contributed by atoms with E-state index in [9.17, 15) is 9.59 Å². The number of rotatable bonds is 2. The van der Waals surface area contributed by atoms with Crippen molar-refractivity contribution in [3.05, 3.63) is 34.0 Å². The van der Waals surface area contributed by atoms with Gasteiger partial charge in [-0.3, -0.25) is 9.20 Å². The minimum Gasteiger partial charge on any atom is -0.464 e. The van der Waals surface area contributed by atoms with Crippen LogP contribution < -0.4 is 5.56 Å². The topological polar surface area (TPSA) is 96.7 Å². The maximum atomic E-state index is 11.8. The molecule has 0 aromatic carbocycles. The van der Waals surface area contributed by atoms with Crippen LogP contribution in [0, 0.1) is 0 Å². The van der Waals surface area contributed by atoms with E-state index in [1.807, 2.05) is 0 Å². The molecule has 2 rings (SSSR count). The second-order valence-electron chi connectivity index (χ2n) is 3.05. The average molecular weight is 223 g/mol. The van der Waals surface area contributed by atoms with E-state index in [0.29, 0.717) is 0 Å². The molecule has 0 amide bonds. The Hall–Kier alpha value is -2.15. The third-order valence-corrected chi connectivity index (χ3v) is 2.20. The van der Waals surface area contributed by atoms with Crippen LogP contribution in [0.3, 0.4) is 0 Å². The van der Waals surface area contributed by atoms with Gasteiger partial charge in [-0.2, -0.15) is 0 Å². The molecule has 0 saturated heterocycles. The summed E-state index contributed by atoms with van der Waals surface area (Å²) in [4.78, 5) is 29.7. The lowest BCUT2D eigenvalue weighted by atomic mass is 10.2. The summed E-state index contributed by atoms with van der Waals surface area (Å²) in [5.74, 6) is -0.491. The quantitative estimate of drug-likeness (QED) is 0.656. The van der Waals surface area contributed by atoms with E-state index in [2.05, 4.69) is 14.7 Å². The highest BCUT2D eigenvalue weighted by Gasteiger charge is 2.17. The normalized spacial score (nSPS) is 10.6. The van der Waals surface area contributed by atoms with E-state index in [4.69, 9.17) is 5.11 Å². The maximum Gasteiger partial charge on any atom is 0.355 e. The lowest BCUT2D eigenvalue weighted by molar-refractivity contribution is 0.0590. The number of carbonyl (C=O) groups is 1. The number of aromatic amines is 1. The number of H-pyrrole nitrogens is 1. The first kappa shape index (κ1) is 10.4. The van der Waals surface area contributed by atoms with Gasteiger partial charge in [0.15, 0.2) is 0 Å². The minimum atomic E-state index is -0.716. The predicted octanol–water partition coefficient (Wildman–Crippen LogP) is -0.698. The Morgan fingerprint density at radius 2 is 2.44 bits per heavy atom. The number of ether oxygens (including phenoxy) is 1. The number of aliphatic hydroxyl groups excluding tert-OH is 1. The lowest BCUT2D eigenvalue weighted by Gasteiger charge is -2.05. The van der Waals surface area contributed by atoms with Crippen molar-refractivity contribution in [1.82, 2.24) is 14.4 Å². The molecule has 0 aliphatic carbocycles. The fourth-order valence-corrected chi connectivity index (χ4v) is 1.42. The number of aromatic nitrogens is 3. The summed E-state index contributed by atoms with van der Waals surface area (Å²) in [7, 11) is 1.19. The molecule has 0 atom stereocenters. The summed E-state index contributed by atoms with van der Waals surface area (Å²) >= 11 is 0. The first-order valence-electron chi connectivity index (χ1n) is 4.46. The summed E-state index contributed by atoms with van der Waals surface area (Å²) in [5, 5.41) is 9.08. The zero-order chi connectivity index (χ0) is 11.7. The molecule has 0 aliphatic heterocycles. The van der Waals surface area contributed by atoms with Gasteiger partial charge in [-0.1, -0.05) is 0 Å². The Morgan fingerprint density at radius 3 is 3.06 bits per heavy atom. The average Bonchev–Trinajstić information content (AvgIpc) is 2.76. The molecule has 7 nitrogen and oxygen atoms in total. The van der Waals surface area contributed by atoms with Crippen molar-refractivity contribution in [2.45, 2.75) is 6.61 Å². The summed E-state index contributed by atoms with van der Waals surface area (Å²) in [6.07, 6.45) is 2.85. The number of hydrogen-bond acceptors (Lipinski definition) is 5. The van der Waals surface area contributed by atoms with Crippen molar-refractivity contribution in [2.75, 3.05) is 7.11 Å². The number of hydrogen-bond donors (Lipinski definition) is 2. The zero-order valence-electron chi connectivity index (χ0n) is 8.43. The van der Waals surface area contributed by atoms with Gasteiger partial charge in [0.1, 0.15) is 5.69 Å². The molecule has 0 spiro atoms. The van der Waals surface area contributed by atoms with Gasteiger partial charge in [-0.05, 0) is 0 Å². The molecule has 2 N–H and O–H groups in total. The summed E-state index contributed by atoms with van der Waals surface area (Å²) in [6, 6.07) is 0. The van der Waals surface area contributed by atoms with Crippen molar-refractivity contribution in [3.8, 4) is 0 Å². The number of esters is 1. The molecular formula is C9H9N3O4. The van der Waals surface area contributed by atoms with Crippen LogP contribution in [0.15, 0.2) is 17.2 Å². The van der Waals surface area contributed by atoms with E-state index in [-0.39, 0.29) is 17.0 Å². The molecule has 2 heterocycles. The molecule has 7 heteroatoms. The Bertz CT molecular complexity index is 598. The molecule has 2 aromatic heterocycles. The third-order valence-electron chi connectivity index (χ3n) is 2.20. The Balaban J connectivity index is 2.82. The van der Waals surface area contributed by atoms with Gasteiger partial charge in [-0.15, -0.1) is 0 Å². The molecule has 2 aromatic rings. The van der Waals surface area contributed by atoms with Crippen LogP contribution in [-0.4, -0.2) is 32.6 Å². The Morgan fingerprint density at radius 1 is 1.69 bits per heavy atom. The van der Waals surface area contributed by atoms with Crippen molar-refractivity contribution in [2.24, 2.45) is 0 Å². The van der Waals surface area contributed by atoms with Crippen LogP contribution in [0.4, 0.5) is 0 Å². The number of nitrogens with one attached hydrogen (secondary N) is 1. The monoisotopic (exact) mass is 223 g/mol. The van der Waals surface area contributed by atoms with E-state index in [1.165, 1.54) is 23.9 Å². The molecule has 84 valence electrons. The highest BCUT2D eigenvalue weighted by molar-refractivity contribution is 5.89. The largest absolute Gasteiger partial charge is 0.464 e. The van der Waals surface area contributed by atoms with Crippen molar-refractivity contribution < 1.29 is 14.6 Å². The SMILES string of the molecule is COC(=O)c1[nH]c2nccn2c(=O)c1CO. The molecule has 0 fully saturated rings. The maximum absolute atomic E-state index is 11.8. The highest BCUT2D eigenvalue weighted by atomic mass is 16.5. The highest BCUT2D eigenvalue weighted by Crippen LogP contribution is 2.05. The van der Waals surface area contributed by atoms with E-state index < -0.39 is 18.1 Å². The first-order valence-corrected chi connectivity index (χ1v) is 4.46.